The van der Waals surface area contributed by atoms with Crippen LogP contribution in [-0.4, -0.2) is 42.6 Å². The van der Waals surface area contributed by atoms with Gasteiger partial charge in [0.25, 0.3) is 0 Å². The first-order chi connectivity index (χ1) is 9.49. The Labute approximate surface area is 144 Å². The second-order valence-corrected chi connectivity index (χ2v) is 7.09. The maximum Gasteiger partial charge on any atom is 0.240 e. The van der Waals surface area contributed by atoms with E-state index < -0.39 is 6.43 Å². The first-order valence-electron chi connectivity index (χ1n) is 6.40. The van der Waals surface area contributed by atoms with Gasteiger partial charge < -0.3 is 10.4 Å². The Morgan fingerprint density at radius 1 is 1.20 bits per heavy atom. The quantitative estimate of drug-likeness (QED) is 0.614. The van der Waals surface area contributed by atoms with Crippen LogP contribution in [0.4, 0.5) is 8.78 Å². The molecule has 2 N–H and O–H groups in total. The molecule has 1 aliphatic rings. The van der Waals surface area contributed by atoms with E-state index >= 15 is 0 Å². The zero-order chi connectivity index (χ0) is 14.7. The minimum absolute atomic E-state index is 0.170. The van der Waals surface area contributed by atoms with Gasteiger partial charge in [-0.2, -0.15) is 0 Å². The smallest absolute Gasteiger partial charge is 0.240 e. The molecule has 1 aliphatic heterocycles. The molecule has 3 nitrogen and oxygen atoms in total. The summed E-state index contributed by atoms with van der Waals surface area (Å²) in [6, 6.07) is 3.33. The fourth-order valence-electron chi connectivity index (χ4n) is 2.44. The summed E-state index contributed by atoms with van der Waals surface area (Å²) >= 11 is 4.08. The predicted octanol–water partition coefficient (Wildman–Crippen LogP) is 3.20. The zero-order valence-corrected chi connectivity index (χ0v) is 15.1. The van der Waals surface area contributed by atoms with Gasteiger partial charge in [0.1, 0.15) is 5.75 Å². The Bertz CT molecular complexity index is 445. The van der Waals surface area contributed by atoms with Crippen molar-refractivity contribution in [3.63, 3.8) is 0 Å². The van der Waals surface area contributed by atoms with Crippen molar-refractivity contribution >= 4 is 45.2 Å². The molecule has 1 saturated heterocycles. The molecule has 0 aromatic heterocycles. The first kappa shape index (κ1) is 16.6. The third kappa shape index (κ3) is 4.14. The van der Waals surface area contributed by atoms with Crippen molar-refractivity contribution in [2.75, 3.05) is 26.2 Å². The third-order valence-electron chi connectivity index (χ3n) is 3.42. The molecule has 0 spiro atoms. The number of rotatable bonds is 4. The highest BCUT2D eigenvalue weighted by Gasteiger charge is 2.26. The highest BCUT2D eigenvalue weighted by molar-refractivity contribution is 14.1. The van der Waals surface area contributed by atoms with Gasteiger partial charge in [0, 0.05) is 38.6 Å². The van der Waals surface area contributed by atoms with E-state index in [4.69, 9.17) is 0 Å². The Kier molecular flexibility index (Phi) is 6.24. The molecule has 0 radical (unpaired) electrons. The van der Waals surface area contributed by atoms with Crippen molar-refractivity contribution in [1.29, 1.82) is 0 Å². The van der Waals surface area contributed by atoms with Crippen LogP contribution in [0.25, 0.3) is 0 Å². The fraction of sp³-hybridized carbons (Fsp3) is 0.538. The van der Waals surface area contributed by atoms with E-state index in [0.717, 1.165) is 31.7 Å². The van der Waals surface area contributed by atoms with E-state index in [1.165, 1.54) is 0 Å². The number of benzene rings is 1. The molecule has 0 amide bonds. The lowest BCUT2D eigenvalue weighted by molar-refractivity contribution is 0.0738. The molecule has 0 unspecified atom stereocenters. The topological polar surface area (TPSA) is 35.5 Å². The lowest BCUT2D eigenvalue weighted by Gasteiger charge is -2.35. The third-order valence-corrected chi connectivity index (χ3v) is 5.06. The lowest BCUT2D eigenvalue weighted by atomic mass is 10.0. The summed E-state index contributed by atoms with van der Waals surface area (Å²) < 4.78 is 27.2. The van der Waals surface area contributed by atoms with Crippen LogP contribution in [-0.2, 0) is 0 Å². The van der Waals surface area contributed by atoms with Crippen LogP contribution in [0, 0.1) is 7.14 Å². The Morgan fingerprint density at radius 3 is 2.25 bits per heavy atom. The molecule has 7 heteroatoms. The molecular weight excluding hydrogens is 492 g/mol. The second-order valence-electron chi connectivity index (χ2n) is 4.76. The van der Waals surface area contributed by atoms with Crippen LogP contribution in [0.2, 0.25) is 0 Å². The molecule has 112 valence electrons. The van der Waals surface area contributed by atoms with Crippen LogP contribution >= 0.6 is 45.2 Å². The molecule has 20 heavy (non-hydrogen) atoms. The average molecular weight is 508 g/mol. The number of hydrogen-bond donors (Lipinski definition) is 2. The van der Waals surface area contributed by atoms with Gasteiger partial charge in [0.2, 0.25) is 6.43 Å². The molecule has 1 aromatic rings. The molecule has 1 atom stereocenters. The average Bonchev–Trinajstić information content (AvgIpc) is 2.42. The summed E-state index contributed by atoms with van der Waals surface area (Å²) in [5, 5.41) is 13.1. The van der Waals surface area contributed by atoms with Gasteiger partial charge in [0.05, 0.1) is 7.14 Å². The Hall–Kier alpha value is 0.260. The molecule has 1 aromatic carbocycles. The monoisotopic (exact) mass is 508 g/mol. The maximum absolute atomic E-state index is 12.9. The van der Waals surface area contributed by atoms with Gasteiger partial charge in [-0.3, -0.25) is 4.90 Å². The van der Waals surface area contributed by atoms with E-state index in [1.807, 2.05) is 57.3 Å². The number of hydrogen-bond acceptors (Lipinski definition) is 3. The highest BCUT2D eigenvalue weighted by atomic mass is 127. The predicted molar refractivity (Wildman–Crippen MR) is 91.3 cm³/mol. The number of nitrogens with zero attached hydrogens (tertiary/aromatic N) is 1. The molecule has 0 bridgehead atoms. The van der Waals surface area contributed by atoms with Crippen molar-refractivity contribution in [3.05, 3.63) is 24.8 Å². The molecule has 2 rings (SSSR count). The molecule has 1 heterocycles. The van der Waals surface area contributed by atoms with Gasteiger partial charge in [-0.05, 0) is 62.9 Å². The van der Waals surface area contributed by atoms with Crippen molar-refractivity contribution in [3.8, 4) is 5.75 Å². The van der Waals surface area contributed by atoms with E-state index in [9.17, 15) is 13.9 Å². The van der Waals surface area contributed by atoms with Crippen LogP contribution < -0.4 is 5.32 Å². The Balaban J connectivity index is 2.30. The normalized spacial score (nSPS) is 18.4. The van der Waals surface area contributed by atoms with Crippen LogP contribution in [0.5, 0.6) is 5.75 Å². The lowest BCUT2D eigenvalue weighted by Crippen LogP contribution is -2.45. The molecular formula is C13H16F2I2N2O. The second kappa shape index (κ2) is 7.50. The van der Waals surface area contributed by atoms with Crippen molar-refractivity contribution < 1.29 is 13.9 Å². The van der Waals surface area contributed by atoms with Crippen molar-refractivity contribution in [1.82, 2.24) is 10.2 Å². The Morgan fingerprint density at radius 2 is 1.75 bits per heavy atom. The van der Waals surface area contributed by atoms with Gasteiger partial charge >= 0.3 is 0 Å². The molecule has 0 aliphatic carbocycles. The number of phenols is 1. The summed E-state index contributed by atoms with van der Waals surface area (Å²) in [6.07, 6.45) is -2.50. The van der Waals surface area contributed by atoms with E-state index in [-0.39, 0.29) is 18.2 Å². The summed E-state index contributed by atoms with van der Waals surface area (Å²) in [4.78, 5) is 2.10. The standard InChI is InChI=1S/C13H16F2I2N2O/c14-12(15)7-11(19-3-1-18-2-4-19)8-5-9(16)13(20)10(17)6-8/h5-6,11-12,18,20H,1-4,7H2/t11-/m0/s1. The summed E-state index contributed by atoms with van der Waals surface area (Å²) in [7, 11) is 0. The minimum atomic E-state index is -2.33. The van der Waals surface area contributed by atoms with Gasteiger partial charge in [-0.25, -0.2) is 8.78 Å². The highest BCUT2D eigenvalue weighted by Crippen LogP contribution is 2.34. The van der Waals surface area contributed by atoms with Gasteiger partial charge in [-0.1, -0.05) is 0 Å². The van der Waals surface area contributed by atoms with Gasteiger partial charge in [-0.15, -0.1) is 0 Å². The number of aromatic hydroxyl groups is 1. The minimum Gasteiger partial charge on any atom is -0.506 e. The molecule has 1 fully saturated rings. The fourth-order valence-corrected chi connectivity index (χ4v) is 4.25. The van der Waals surface area contributed by atoms with Crippen molar-refractivity contribution in [2.45, 2.75) is 18.9 Å². The summed E-state index contributed by atoms with van der Waals surface area (Å²) in [5.74, 6) is 0.228. The van der Waals surface area contributed by atoms with E-state index in [1.54, 1.807) is 0 Å². The largest absolute Gasteiger partial charge is 0.506 e. The number of phenolic OH excluding ortho intramolecular Hbond substituents is 1. The van der Waals surface area contributed by atoms with Crippen molar-refractivity contribution in [2.24, 2.45) is 0 Å². The first-order valence-corrected chi connectivity index (χ1v) is 8.55. The van der Waals surface area contributed by atoms with Crippen LogP contribution in [0.1, 0.15) is 18.0 Å². The van der Waals surface area contributed by atoms with Gasteiger partial charge in [0.15, 0.2) is 0 Å². The summed E-state index contributed by atoms with van der Waals surface area (Å²) in [6.45, 7) is 3.19. The number of halogens is 4. The van der Waals surface area contributed by atoms with E-state index in [0.29, 0.717) is 7.14 Å². The number of nitrogens with one attached hydrogen (secondary N) is 1. The number of alkyl halides is 2. The van der Waals surface area contributed by atoms with Crippen LogP contribution in [0.3, 0.4) is 0 Å². The number of piperazine rings is 1. The van der Waals surface area contributed by atoms with E-state index in [2.05, 4.69) is 10.2 Å². The maximum atomic E-state index is 12.9. The van der Waals surface area contributed by atoms with Crippen LogP contribution in [0.15, 0.2) is 12.1 Å². The zero-order valence-electron chi connectivity index (χ0n) is 10.8. The SMILES string of the molecule is Oc1c(I)cc([C@H](CC(F)F)N2CCNCC2)cc1I. The molecule has 0 saturated carbocycles. The summed E-state index contributed by atoms with van der Waals surface area (Å²) in [5.41, 5.74) is 0.860.